The number of benzene rings is 1. The van der Waals surface area contributed by atoms with E-state index in [1.807, 2.05) is 13.8 Å². The zero-order chi connectivity index (χ0) is 13.1. The monoisotopic (exact) mass is 258 g/mol. The maximum absolute atomic E-state index is 8.88. The molecule has 0 aliphatic heterocycles. The summed E-state index contributed by atoms with van der Waals surface area (Å²) in [5, 5.41) is 9.27. The summed E-state index contributed by atoms with van der Waals surface area (Å²) in [4.78, 5) is 4.07. The van der Waals surface area contributed by atoms with Crippen molar-refractivity contribution in [1.82, 2.24) is 4.98 Å². The molecule has 4 heteroatoms. The van der Waals surface area contributed by atoms with Crippen molar-refractivity contribution >= 4 is 11.6 Å². The van der Waals surface area contributed by atoms with Gasteiger partial charge in [-0.3, -0.25) is 0 Å². The van der Waals surface area contributed by atoms with Crippen molar-refractivity contribution in [2.45, 2.75) is 13.8 Å². The number of aromatic nitrogens is 1. The fourth-order valence-corrected chi connectivity index (χ4v) is 1.88. The number of nitrogens with zero attached hydrogens (tertiary/aromatic N) is 2. The topological polar surface area (TPSA) is 45.9 Å². The molecule has 1 aromatic carbocycles. The van der Waals surface area contributed by atoms with Gasteiger partial charge in [-0.15, -0.1) is 0 Å². The summed E-state index contributed by atoms with van der Waals surface area (Å²) >= 11 is 5.80. The largest absolute Gasteiger partial charge is 0.438 e. The van der Waals surface area contributed by atoms with Gasteiger partial charge in [-0.2, -0.15) is 5.26 Å². The van der Waals surface area contributed by atoms with E-state index in [0.717, 1.165) is 11.1 Å². The van der Waals surface area contributed by atoms with Crippen molar-refractivity contribution in [3.63, 3.8) is 0 Å². The van der Waals surface area contributed by atoms with Crippen molar-refractivity contribution in [2.24, 2.45) is 0 Å². The van der Waals surface area contributed by atoms with Gasteiger partial charge in [0.15, 0.2) is 0 Å². The Morgan fingerprint density at radius 1 is 1.22 bits per heavy atom. The van der Waals surface area contributed by atoms with Gasteiger partial charge in [0.2, 0.25) is 5.88 Å². The quantitative estimate of drug-likeness (QED) is 0.765. The van der Waals surface area contributed by atoms with E-state index < -0.39 is 0 Å². The Morgan fingerprint density at radius 3 is 2.44 bits per heavy atom. The first-order valence-electron chi connectivity index (χ1n) is 5.42. The van der Waals surface area contributed by atoms with Crippen LogP contribution in [0, 0.1) is 25.2 Å². The summed E-state index contributed by atoms with van der Waals surface area (Å²) in [5.74, 6) is 1.15. The average molecular weight is 259 g/mol. The van der Waals surface area contributed by atoms with Crippen LogP contribution >= 0.6 is 11.6 Å². The van der Waals surface area contributed by atoms with E-state index in [-0.39, 0.29) is 0 Å². The smallest absolute Gasteiger partial charge is 0.220 e. The summed E-state index contributed by atoms with van der Waals surface area (Å²) in [7, 11) is 0. The summed E-state index contributed by atoms with van der Waals surface area (Å²) in [6, 6.07) is 10.9. The van der Waals surface area contributed by atoms with Crippen molar-refractivity contribution in [3.05, 3.63) is 52.2 Å². The lowest BCUT2D eigenvalue weighted by Gasteiger charge is -2.11. The molecular weight excluding hydrogens is 248 g/mol. The first-order valence-corrected chi connectivity index (χ1v) is 5.79. The standard InChI is InChI=1S/C14H11ClN2O/c1-9-6-11(8-16)7-10(2)14(9)18-13-5-3-4-12(15)17-13/h3-7H,1-2H3. The van der Waals surface area contributed by atoms with Crippen LogP contribution in [0.2, 0.25) is 5.15 Å². The summed E-state index contributed by atoms with van der Waals surface area (Å²) < 4.78 is 5.72. The maximum atomic E-state index is 8.88. The Morgan fingerprint density at radius 2 is 1.89 bits per heavy atom. The molecule has 0 unspecified atom stereocenters. The summed E-state index contributed by atoms with van der Waals surface area (Å²) in [6.07, 6.45) is 0. The number of hydrogen-bond acceptors (Lipinski definition) is 3. The van der Waals surface area contributed by atoms with Gasteiger partial charge in [0.25, 0.3) is 0 Å². The van der Waals surface area contributed by atoms with Crippen LogP contribution in [0.25, 0.3) is 0 Å². The Hall–Kier alpha value is -2.05. The molecule has 0 atom stereocenters. The van der Waals surface area contributed by atoms with Crippen LogP contribution in [0.1, 0.15) is 16.7 Å². The molecule has 1 heterocycles. The van der Waals surface area contributed by atoms with E-state index in [4.69, 9.17) is 21.6 Å². The number of hydrogen-bond donors (Lipinski definition) is 0. The lowest BCUT2D eigenvalue weighted by molar-refractivity contribution is 0.456. The van der Waals surface area contributed by atoms with E-state index in [1.54, 1.807) is 30.3 Å². The Balaban J connectivity index is 2.38. The summed E-state index contributed by atoms with van der Waals surface area (Å²) in [6.45, 7) is 3.79. The number of halogens is 1. The second kappa shape index (κ2) is 5.07. The van der Waals surface area contributed by atoms with E-state index >= 15 is 0 Å². The number of nitriles is 1. The Kier molecular flexibility index (Phi) is 3.50. The molecule has 0 amide bonds. The minimum Gasteiger partial charge on any atom is -0.438 e. The van der Waals surface area contributed by atoms with E-state index in [1.165, 1.54) is 0 Å². The highest BCUT2D eigenvalue weighted by atomic mass is 35.5. The van der Waals surface area contributed by atoms with Crippen LogP contribution in [0.3, 0.4) is 0 Å². The third kappa shape index (κ3) is 2.61. The molecule has 3 nitrogen and oxygen atoms in total. The fourth-order valence-electron chi connectivity index (χ4n) is 1.73. The third-order valence-electron chi connectivity index (χ3n) is 2.49. The molecule has 2 aromatic rings. The van der Waals surface area contributed by atoms with Gasteiger partial charge in [0.1, 0.15) is 10.9 Å². The molecule has 0 aliphatic rings. The van der Waals surface area contributed by atoms with Crippen LogP contribution in [-0.4, -0.2) is 4.98 Å². The second-order valence-corrected chi connectivity index (χ2v) is 4.34. The molecule has 0 saturated heterocycles. The number of aryl methyl sites for hydroxylation is 2. The van der Waals surface area contributed by atoms with Crippen molar-refractivity contribution < 1.29 is 4.74 Å². The zero-order valence-electron chi connectivity index (χ0n) is 10.1. The maximum Gasteiger partial charge on any atom is 0.220 e. The Labute approximate surface area is 111 Å². The number of ether oxygens (including phenoxy) is 1. The number of rotatable bonds is 2. The molecule has 90 valence electrons. The molecular formula is C14H11ClN2O. The van der Waals surface area contributed by atoms with E-state index in [2.05, 4.69) is 11.1 Å². The lowest BCUT2D eigenvalue weighted by atomic mass is 10.1. The molecule has 0 spiro atoms. The highest BCUT2D eigenvalue weighted by molar-refractivity contribution is 6.29. The van der Waals surface area contributed by atoms with Crippen molar-refractivity contribution in [2.75, 3.05) is 0 Å². The highest BCUT2D eigenvalue weighted by Crippen LogP contribution is 2.29. The molecule has 0 aliphatic carbocycles. The molecule has 0 N–H and O–H groups in total. The predicted octanol–water partition coefficient (Wildman–Crippen LogP) is 4.02. The first kappa shape index (κ1) is 12.4. The molecule has 0 fully saturated rings. The van der Waals surface area contributed by atoms with Crippen molar-refractivity contribution in [1.29, 1.82) is 5.26 Å². The van der Waals surface area contributed by atoms with E-state index in [0.29, 0.717) is 22.3 Å². The average Bonchev–Trinajstić information content (AvgIpc) is 2.33. The molecule has 0 radical (unpaired) electrons. The molecule has 2 rings (SSSR count). The minimum absolute atomic E-state index is 0.386. The van der Waals surface area contributed by atoms with Gasteiger partial charge in [-0.25, -0.2) is 4.98 Å². The van der Waals surface area contributed by atoms with Gasteiger partial charge in [-0.05, 0) is 43.2 Å². The Bertz CT molecular complexity index is 609. The van der Waals surface area contributed by atoms with Gasteiger partial charge in [0.05, 0.1) is 11.6 Å². The minimum atomic E-state index is 0.386. The zero-order valence-corrected chi connectivity index (χ0v) is 10.8. The molecule has 18 heavy (non-hydrogen) atoms. The molecule has 0 bridgehead atoms. The van der Waals surface area contributed by atoms with Gasteiger partial charge >= 0.3 is 0 Å². The lowest BCUT2D eigenvalue weighted by Crippen LogP contribution is -1.94. The SMILES string of the molecule is Cc1cc(C#N)cc(C)c1Oc1cccc(Cl)n1. The van der Waals surface area contributed by atoms with E-state index in [9.17, 15) is 0 Å². The second-order valence-electron chi connectivity index (χ2n) is 3.95. The number of pyridine rings is 1. The van der Waals surface area contributed by atoms with Gasteiger partial charge in [0, 0.05) is 6.07 Å². The van der Waals surface area contributed by atoms with Crippen LogP contribution in [0.15, 0.2) is 30.3 Å². The normalized spacial score (nSPS) is 9.89. The van der Waals surface area contributed by atoms with Crippen molar-refractivity contribution in [3.8, 4) is 17.7 Å². The van der Waals surface area contributed by atoms with Crippen LogP contribution in [0.5, 0.6) is 11.6 Å². The van der Waals surface area contributed by atoms with Gasteiger partial charge in [-0.1, -0.05) is 17.7 Å². The first-order chi connectivity index (χ1) is 8.60. The molecule has 1 aromatic heterocycles. The van der Waals surface area contributed by atoms with Crippen LogP contribution in [-0.2, 0) is 0 Å². The van der Waals surface area contributed by atoms with Crippen LogP contribution < -0.4 is 4.74 Å². The van der Waals surface area contributed by atoms with Gasteiger partial charge < -0.3 is 4.74 Å². The predicted molar refractivity (Wildman–Crippen MR) is 70.0 cm³/mol. The summed E-state index contributed by atoms with van der Waals surface area (Å²) in [5.41, 5.74) is 2.41. The highest BCUT2D eigenvalue weighted by Gasteiger charge is 2.08. The third-order valence-corrected chi connectivity index (χ3v) is 2.70. The van der Waals surface area contributed by atoms with Crippen LogP contribution in [0.4, 0.5) is 0 Å². The fraction of sp³-hybridized carbons (Fsp3) is 0.143. The molecule has 0 saturated carbocycles.